The van der Waals surface area contributed by atoms with Crippen LogP contribution in [0, 0.1) is 0 Å². The van der Waals surface area contributed by atoms with Crippen LogP contribution in [0.2, 0.25) is 0 Å². The number of ether oxygens (including phenoxy) is 1. The first kappa shape index (κ1) is 15.0. The van der Waals surface area contributed by atoms with E-state index in [0.29, 0.717) is 25.3 Å². The molecule has 18 heavy (non-hydrogen) atoms. The minimum Gasteiger partial charge on any atom is -0.493 e. The minimum atomic E-state index is -0.735. The molecule has 0 aliphatic rings. The topological polar surface area (TPSA) is 81.5 Å². The van der Waals surface area contributed by atoms with Gasteiger partial charge >= 0.3 is 0 Å². The third-order valence-corrected chi connectivity index (χ3v) is 3.01. The van der Waals surface area contributed by atoms with Crippen LogP contribution in [-0.4, -0.2) is 24.3 Å². The van der Waals surface area contributed by atoms with Crippen LogP contribution in [0.1, 0.15) is 37.5 Å². The van der Waals surface area contributed by atoms with Crippen LogP contribution in [0.15, 0.2) is 18.2 Å². The van der Waals surface area contributed by atoms with Gasteiger partial charge in [-0.1, -0.05) is 13.0 Å². The Hall–Kier alpha value is -1.10. The Labute approximate surface area is 109 Å². The highest BCUT2D eigenvalue weighted by molar-refractivity contribution is 5.39. The lowest BCUT2D eigenvalue weighted by atomic mass is 9.97. The fourth-order valence-electron chi connectivity index (χ4n) is 1.92. The molecule has 5 N–H and O–H groups in total. The molecule has 0 aliphatic heterocycles. The molecule has 1 aromatic rings. The first-order valence-electron chi connectivity index (χ1n) is 6.53. The highest BCUT2D eigenvalue weighted by atomic mass is 16.5. The Kier molecular flexibility index (Phi) is 6.12. The second-order valence-electron chi connectivity index (χ2n) is 4.34. The summed E-state index contributed by atoms with van der Waals surface area (Å²) in [5.74, 6) is 0.703. The van der Waals surface area contributed by atoms with E-state index in [0.717, 1.165) is 17.5 Å². The zero-order chi connectivity index (χ0) is 13.5. The van der Waals surface area contributed by atoms with Crippen molar-refractivity contribution in [3.8, 4) is 5.75 Å². The van der Waals surface area contributed by atoms with Crippen molar-refractivity contribution >= 4 is 0 Å². The monoisotopic (exact) mass is 252 g/mol. The first-order valence-corrected chi connectivity index (χ1v) is 6.53. The quantitative estimate of drug-likeness (QED) is 0.684. The number of hydrogen-bond acceptors (Lipinski definition) is 4. The molecule has 0 radical (unpaired) electrons. The average molecular weight is 252 g/mol. The fourth-order valence-corrected chi connectivity index (χ4v) is 1.92. The number of hydrogen-bond donors (Lipinski definition) is 3. The highest BCUT2D eigenvalue weighted by Gasteiger charge is 2.20. The van der Waals surface area contributed by atoms with Gasteiger partial charge in [-0.3, -0.25) is 0 Å². The van der Waals surface area contributed by atoms with Crippen LogP contribution in [-0.2, 0) is 6.42 Å². The van der Waals surface area contributed by atoms with Gasteiger partial charge in [-0.15, -0.1) is 0 Å². The minimum absolute atomic E-state index is 0.360. The van der Waals surface area contributed by atoms with E-state index in [-0.39, 0.29) is 6.04 Å². The lowest BCUT2D eigenvalue weighted by molar-refractivity contribution is 0.138. The molecule has 0 heterocycles. The predicted molar refractivity (Wildman–Crippen MR) is 73.6 cm³/mol. The maximum absolute atomic E-state index is 10.3. The van der Waals surface area contributed by atoms with Crippen molar-refractivity contribution < 1.29 is 9.84 Å². The number of aliphatic hydroxyl groups is 1. The molecule has 0 saturated carbocycles. The molecule has 2 unspecified atom stereocenters. The molecule has 102 valence electrons. The maximum atomic E-state index is 10.3. The SMILES string of the molecule is CCOc1ccc(CC)cc1C(O)C(N)CCN. The molecule has 4 heteroatoms. The van der Waals surface area contributed by atoms with Crippen molar-refractivity contribution in [2.75, 3.05) is 13.2 Å². The van der Waals surface area contributed by atoms with Gasteiger partial charge in [0, 0.05) is 11.6 Å². The van der Waals surface area contributed by atoms with Crippen molar-refractivity contribution in [2.24, 2.45) is 11.5 Å². The summed E-state index contributed by atoms with van der Waals surface area (Å²) < 4.78 is 5.54. The van der Waals surface area contributed by atoms with Crippen LogP contribution in [0.3, 0.4) is 0 Å². The molecular weight excluding hydrogens is 228 g/mol. The van der Waals surface area contributed by atoms with Crippen LogP contribution in [0.4, 0.5) is 0 Å². The molecular formula is C14H24N2O2. The zero-order valence-electron chi connectivity index (χ0n) is 11.2. The molecule has 0 aromatic heterocycles. The van der Waals surface area contributed by atoms with E-state index < -0.39 is 6.10 Å². The largest absolute Gasteiger partial charge is 0.493 e. The lowest BCUT2D eigenvalue weighted by Crippen LogP contribution is -2.31. The van der Waals surface area contributed by atoms with Gasteiger partial charge < -0.3 is 21.3 Å². The van der Waals surface area contributed by atoms with Crippen molar-refractivity contribution in [2.45, 2.75) is 38.8 Å². The van der Waals surface area contributed by atoms with E-state index in [1.54, 1.807) is 0 Å². The van der Waals surface area contributed by atoms with Gasteiger partial charge in [-0.2, -0.15) is 0 Å². The summed E-state index contributed by atoms with van der Waals surface area (Å²) in [5, 5.41) is 10.3. The van der Waals surface area contributed by atoms with Crippen LogP contribution in [0.5, 0.6) is 5.75 Å². The summed E-state index contributed by atoms with van der Waals surface area (Å²) in [6.45, 7) is 5.03. The fraction of sp³-hybridized carbons (Fsp3) is 0.571. The first-order chi connectivity index (χ1) is 8.63. The second-order valence-corrected chi connectivity index (χ2v) is 4.34. The summed E-state index contributed by atoms with van der Waals surface area (Å²) in [7, 11) is 0. The summed E-state index contributed by atoms with van der Waals surface area (Å²) in [6, 6.07) is 5.51. The van der Waals surface area contributed by atoms with Gasteiger partial charge in [0.15, 0.2) is 0 Å². The Bertz CT molecular complexity index is 369. The highest BCUT2D eigenvalue weighted by Crippen LogP contribution is 2.29. The number of aliphatic hydroxyl groups excluding tert-OH is 1. The number of benzene rings is 1. The molecule has 0 spiro atoms. The van der Waals surface area contributed by atoms with Gasteiger partial charge in [0.2, 0.25) is 0 Å². The van der Waals surface area contributed by atoms with Crippen LogP contribution >= 0.6 is 0 Å². The Morgan fingerprint density at radius 2 is 2.06 bits per heavy atom. The summed E-state index contributed by atoms with van der Waals surface area (Å²) in [4.78, 5) is 0. The third-order valence-electron chi connectivity index (χ3n) is 3.01. The van der Waals surface area contributed by atoms with Gasteiger partial charge in [0.05, 0.1) is 12.7 Å². The standard InChI is InChI=1S/C14H24N2O2/c1-3-10-5-6-13(18-4-2)11(9-10)14(17)12(16)7-8-15/h5-6,9,12,14,17H,3-4,7-8,15-16H2,1-2H3. The van der Waals surface area contributed by atoms with Gasteiger partial charge in [0.1, 0.15) is 5.75 Å². The molecule has 1 aromatic carbocycles. The van der Waals surface area contributed by atoms with Crippen LogP contribution < -0.4 is 16.2 Å². The zero-order valence-corrected chi connectivity index (χ0v) is 11.2. The normalized spacial score (nSPS) is 14.3. The molecule has 0 saturated heterocycles. The second kappa shape index (κ2) is 7.36. The maximum Gasteiger partial charge on any atom is 0.125 e. The van der Waals surface area contributed by atoms with Crippen molar-refractivity contribution in [3.05, 3.63) is 29.3 Å². The van der Waals surface area contributed by atoms with E-state index in [1.165, 1.54) is 0 Å². The Morgan fingerprint density at radius 1 is 1.33 bits per heavy atom. The molecule has 0 amide bonds. The van der Waals surface area contributed by atoms with Gasteiger partial charge in [-0.25, -0.2) is 0 Å². The molecule has 0 fully saturated rings. The van der Waals surface area contributed by atoms with E-state index in [9.17, 15) is 5.11 Å². The third kappa shape index (κ3) is 3.70. The number of nitrogens with two attached hydrogens (primary N) is 2. The van der Waals surface area contributed by atoms with Gasteiger partial charge in [0.25, 0.3) is 0 Å². The smallest absolute Gasteiger partial charge is 0.125 e. The molecule has 1 rings (SSSR count). The summed E-state index contributed by atoms with van der Waals surface area (Å²) in [5.41, 5.74) is 13.3. The average Bonchev–Trinajstić information content (AvgIpc) is 2.39. The number of rotatable bonds is 7. The van der Waals surface area contributed by atoms with E-state index >= 15 is 0 Å². The van der Waals surface area contributed by atoms with E-state index in [1.807, 2.05) is 25.1 Å². The van der Waals surface area contributed by atoms with Crippen molar-refractivity contribution in [3.63, 3.8) is 0 Å². The van der Waals surface area contributed by atoms with Crippen molar-refractivity contribution in [1.29, 1.82) is 0 Å². The summed E-state index contributed by atoms with van der Waals surface area (Å²) in [6.07, 6.45) is 0.767. The van der Waals surface area contributed by atoms with E-state index in [2.05, 4.69) is 6.92 Å². The van der Waals surface area contributed by atoms with Crippen molar-refractivity contribution in [1.82, 2.24) is 0 Å². The summed E-state index contributed by atoms with van der Waals surface area (Å²) >= 11 is 0. The molecule has 0 bridgehead atoms. The molecule has 0 aliphatic carbocycles. The van der Waals surface area contributed by atoms with E-state index in [4.69, 9.17) is 16.2 Å². The Morgan fingerprint density at radius 3 is 2.61 bits per heavy atom. The predicted octanol–water partition coefficient (Wildman–Crippen LogP) is 1.36. The van der Waals surface area contributed by atoms with Crippen LogP contribution in [0.25, 0.3) is 0 Å². The number of aryl methyl sites for hydroxylation is 1. The molecule has 4 nitrogen and oxygen atoms in total. The lowest BCUT2D eigenvalue weighted by Gasteiger charge is -2.21. The molecule has 2 atom stereocenters. The Balaban J connectivity index is 3.01. The van der Waals surface area contributed by atoms with Gasteiger partial charge in [-0.05, 0) is 44.0 Å².